The van der Waals surface area contributed by atoms with E-state index in [2.05, 4.69) is 57.1 Å². The van der Waals surface area contributed by atoms with Gasteiger partial charge >= 0.3 is 0 Å². The Morgan fingerprint density at radius 3 is 2.55 bits per heavy atom. The molecule has 1 aliphatic rings. The summed E-state index contributed by atoms with van der Waals surface area (Å²) in [5.41, 5.74) is 7.35. The summed E-state index contributed by atoms with van der Waals surface area (Å²) in [5, 5.41) is 0. The van der Waals surface area contributed by atoms with Crippen LogP contribution >= 0.6 is 0 Å². The average Bonchev–Trinajstić information content (AvgIpc) is 2.44. The van der Waals surface area contributed by atoms with Crippen molar-refractivity contribution in [1.29, 1.82) is 0 Å². The minimum absolute atomic E-state index is 0.0820. The van der Waals surface area contributed by atoms with E-state index in [1.165, 1.54) is 22.4 Å². The van der Waals surface area contributed by atoms with E-state index in [4.69, 9.17) is 5.84 Å². The molecule has 2 atom stereocenters. The maximum atomic E-state index is 12.3. The van der Waals surface area contributed by atoms with Crippen LogP contribution in [0.1, 0.15) is 63.1 Å². The van der Waals surface area contributed by atoms with Crippen LogP contribution in [0.15, 0.2) is 12.1 Å². The van der Waals surface area contributed by atoms with Gasteiger partial charge in [-0.1, -0.05) is 19.9 Å². The van der Waals surface area contributed by atoms with Crippen molar-refractivity contribution in [2.24, 2.45) is 5.84 Å². The standard InChI is InChI=1S/C18H29N3O/c1-7-15(17(22)20-19)21-16-9-12(3)11(2)8-14(16)13(4)10-18(21,5)6/h8-9,13,15H,7,10,19H2,1-6H3,(H,20,22)/t13-,15+/m1/s1. The molecule has 1 aromatic rings. The highest BCUT2D eigenvalue weighted by atomic mass is 16.2. The van der Waals surface area contributed by atoms with Crippen molar-refractivity contribution in [3.63, 3.8) is 0 Å². The number of benzene rings is 1. The molecule has 22 heavy (non-hydrogen) atoms. The Labute approximate surface area is 134 Å². The molecule has 0 saturated carbocycles. The Balaban J connectivity index is 2.63. The third kappa shape index (κ3) is 2.72. The van der Waals surface area contributed by atoms with Crippen LogP contribution in [-0.2, 0) is 4.79 Å². The number of hydrogen-bond acceptors (Lipinski definition) is 3. The molecule has 1 amide bonds. The maximum Gasteiger partial charge on any atom is 0.256 e. The highest BCUT2D eigenvalue weighted by Crippen LogP contribution is 2.45. The second-order valence-corrected chi connectivity index (χ2v) is 7.22. The Kier molecular flexibility index (Phi) is 4.52. The van der Waals surface area contributed by atoms with Crippen molar-refractivity contribution in [3.8, 4) is 0 Å². The maximum absolute atomic E-state index is 12.3. The number of anilines is 1. The summed E-state index contributed by atoms with van der Waals surface area (Å²) in [6.45, 7) is 13.0. The summed E-state index contributed by atoms with van der Waals surface area (Å²) in [6, 6.07) is 4.27. The first kappa shape index (κ1) is 16.8. The molecule has 0 aliphatic carbocycles. The Hall–Kier alpha value is -1.55. The first-order valence-corrected chi connectivity index (χ1v) is 8.13. The van der Waals surface area contributed by atoms with Crippen molar-refractivity contribution in [3.05, 3.63) is 28.8 Å². The SMILES string of the molecule is CC[C@@H](C(=O)NN)N1c2cc(C)c(C)cc2[C@H](C)CC1(C)C. The Morgan fingerprint density at radius 1 is 1.41 bits per heavy atom. The lowest BCUT2D eigenvalue weighted by molar-refractivity contribution is -0.122. The summed E-state index contributed by atoms with van der Waals surface area (Å²) in [6.07, 6.45) is 1.75. The molecule has 0 spiro atoms. The van der Waals surface area contributed by atoms with E-state index in [0.29, 0.717) is 5.92 Å². The second-order valence-electron chi connectivity index (χ2n) is 7.22. The van der Waals surface area contributed by atoms with Gasteiger partial charge in [0, 0.05) is 11.2 Å². The van der Waals surface area contributed by atoms with Gasteiger partial charge in [-0.3, -0.25) is 10.2 Å². The Morgan fingerprint density at radius 2 is 2.00 bits per heavy atom. The van der Waals surface area contributed by atoms with E-state index in [-0.39, 0.29) is 17.5 Å². The van der Waals surface area contributed by atoms with Crippen LogP contribution in [0, 0.1) is 13.8 Å². The summed E-state index contributed by atoms with van der Waals surface area (Å²) in [5.74, 6) is 5.79. The molecule has 4 nitrogen and oxygen atoms in total. The monoisotopic (exact) mass is 303 g/mol. The molecule has 0 saturated heterocycles. The highest BCUT2D eigenvalue weighted by Gasteiger charge is 2.41. The van der Waals surface area contributed by atoms with Crippen molar-refractivity contribution in [1.82, 2.24) is 5.43 Å². The lowest BCUT2D eigenvalue weighted by Gasteiger charge is -2.50. The zero-order valence-electron chi connectivity index (χ0n) is 14.7. The van der Waals surface area contributed by atoms with Crippen molar-refractivity contribution >= 4 is 11.6 Å². The normalized spacial score (nSPS) is 21.2. The van der Waals surface area contributed by atoms with E-state index >= 15 is 0 Å². The minimum Gasteiger partial charge on any atom is -0.354 e. The van der Waals surface area contributed by atoms with Crippen molar-refractivity contribution in [2.45, 2.75) is 71.9 Å². The van der Waals surface area contributed by atoms with Crippen molar-refractivity contribution < 1.29 is 4.79 Å². The smallest absolute Gasteiger partial charge is 0.256 e. The topological polar surface area (TPSA) is 58.4 Å². The predicted octanol–water partition coefficient (Wildman–Crippen LogP) is 3.16. The van der Waals surface area contributed by atoms with Crippen LogP contribution in [0.5, 0.6) is 0 Å². The molecular weight excluding hydrogens is 274 g/mol. The molecule has 4 heteroatoms. The van der Waals surface area contributed by atoms with Crippen LogP contribution in [0.25, 0.3) is 0 Å². The van der Waals surface area contributed by atoms with Gasteiger partial charge < -0.3 is 4.90 Å². The van der Waals surface area contributed by atoms with Gasteiger partial charge in [0.1, 0.15) is 6.04 Å². The molecule has 122 valence electrons. The van der Waals surface area contributed by atoms with Crippen LogP contribution in [0.2, 0.25) is 0 Å². The zero-order chi connectivity index (χ0) is 16.7. The molecule has 0 bridgehead atoms. The molecule has 1 aliphatic heterocycles. The number of amides is 1. The van der Waals surface area contributed by atoms with Crippen LogP contribution in [0.3, 0.4) is 0 Å². The number of aryl methyl sites for hydroxylation is 2. The van der Waals surface area contributed by atoms with Crippen molar-refractivity contribution in [2.75, 3.05) is 4.90 Å². The predicted molar refractivity (Wildman–Crippen MR) is 91.9 cm³/mol. The van der Waals surface area contributed by atoms with Crippen LogP contribution in [0.4, 0.5) is 5.69 Å². The van der Waals surface area contributed by atoms with Crippen LogP contribution in [-0.4, -0.2) is 17.5 Å². The number of fused-ring (bicyclic) bond motifs is 1. The van der Waals surface area contributed by atoms with Gasteiger partial charge in [0.2, 0.25) is 0 Å². The minimum atomic E-state index is -0.242. The molecule has 0 aromatic heterocycles. The Bertz CT molecular complexity index is 580. The van der Waals surface area contributed by atoms with E-state index in [9.17, 15) is 4.79 Å². The lowest BCUT2D eigenvalue weighted by Crippen LogP contribution is -2.59. The molecule has 3 N–H and O–H groups in total. The molecule has 0 unspecified atom stereocenters. The third-order valence-electron chi connectivity index (χ3n) is 5.03. The fraction of sp³-hybridized carbons (Fsp3) is 0.611. The van der Waals surface area contributed by atoms with Gasteiger partial charge in [-0.15, -0.1) is 0 Å². The molecule has 1 heterocycles. The van der Waals surface area contributed by atoms with Gasteiger partial charge in [0.25, 0.3) is 5.91 Å². The number of rotatable bonds is 3. The van der Waals surface area contributed by atoms with Gasteiger partial charge in [0.05, 0.1) is 0 Å². The summed E-state index contributed by atoms with van der Waals surface area (Å²) in [4.78, 5) is 14.6. The fourth-order valence-electron chi connectivity index (χ4n) is 3.88. The van der Waals surface area contributed by atoms with Gasteiger partial charge in [-0.05, 0) is 69.2 Å². The van der Waals surface area contributed by atoms with Gasteiger partial charge in [0.15, 0.2) is 0 Å². The highest BCUT2D eigenvalue weighted by molar-refractivity contribution is 5.86. The van der Waals surface area contributed by atoms with E-state index in [1.54, 1.807) is 0 Å². The van der Waals surface area contributed by atoms with E-state index < -0.39 is 0 Å². The van der Waals surface area contributed by atoms with Gasteiger partial charge in [-0.25, -0.2) is 5.84 Å². The molecule has 0 radical (unpaired) electrons. The number of hydrazine groups is 1. The molecule has 2 rings (SSSR count). The van der Waals surface area contributed by atoms with E-state index in [0.717, 1.165) is 12.8 Å². The lowest BCUT2D eigenvalue weighted by atomic mass is 9.78. The fourth-order valence-corrected chi connectivity index (χ4v) is 3.88. The second kappa shape index (κ2) is 5.92. The summed E-state index contributed by atoms with van der Waals surface area (Å²) >= 11 is 0. The number of hydrogen-bond donors (Lipinski definition) is 2. The number of carbonyl (C=O) groups excluding carboxylic acids is 1. The number of nitrogens with one attached hydrogen (secondary N) is 1. The van der Waals surface area contributed by atoms with Gasteiger partial charge in [-0.2, -0.15) is 0 Å². The first-order valence-electron chi connectivity index (χ1n) is 8.13. The zero-order valence-corrected chi connectivity index (χ0v) is 14.7. The van der Waals surface area contributed by atoms with E-state index in [1.807, 2.05) is 6.92 Å². The largest absolute Gasteiger partial charge is 0.354 e. The summed E-state index contributed by atoms with van der Waals surface area (Å²) in [7, 11) is 0. The molecule has 0 fully saturated rings. The molecule has 1 aromatic carbocycles. The first-order chi connectivity index (χ1) is 10.2. The molecular formula is C18H29N3O. The third-order valence-corrected chi connectivity index (χ3v) is 5.03. The number of nitrogens with two attached hydrogens (primary N) is 1. The summed E-state index contributed by atoms with van der Waals surface area (Å²) < 4.78 is 0. The quantitative estimate of drug-likeness (QED) is 0.512. The number of nitrogens with zero attached hydrogens (tertiary/aromatic N) is 1. The van der Waals surface area contributed by atoms with Crippen LogP contribution < -0.4 is 16.2 Å². The number of carbonyl (C=O) groups is 1. The average molecular weight is 303 g/mol.